The summed E-state index contributed by atoms with van der Waals surface area (Å²) in [5.74, 6) is 0.301. The largest absolute Gasteiger partial charge is 0.367 e. The van der Waals surface area contributed by atoms with Crippen LogP contribution < -0.4 is 14.9 Å². The lowest BCUT2D eigenvalue weighted by Crippen LogP contribution is -2.49. The highest BCUT2D eigenvalue weighted by molar-refractivity contribution is 7.83. The standard InChI is InChI=1S/C19H22ClF2N7OS2/c1-10-8-28(6-5-23-10)12-7-11(32(30)27-19(2)3-4-19)9-29-13(12)14(20)24-16(29)18-26-25-17(31-18)15(21)22/h7,9-10,15,23,27H,3-6,8H2,1-2H3/t10-,32?/m0/s1. The van der Waals surface area contributed by atoms with Crippen LogP contribution in [0.1, 0.15) is 38.1 Å². The minimum absolute atomic E-state index is 0.135. The Hall–Kier alpha value is -1.73. The van der Waals surface area contributed by atoms with Crippen LogP contribution in [-0.4, -0.2) is 55.0 Å². The van der Waals surface area contributed by atoms with Crippen LogP contribution in [0.5, 0.6) is 0 Å². The summed E-state index contributed by atoms with van der Waals surface area (Å²) in [7, 11) is -1.46. The maximum atomic E-state index is 13.2. The van der Waals surface area contributed by atoms with Gasteiger partial charge in [0.15, 0.2) is 21.0 Å². The number of anilines is 1. The summed E-state index contributed by atoms with van der Waals surface area (Å²) < 4.78 is 44.2. The van der Waals surface area contributed by atoms with Crippen molar-refractivity contribution in [2.24, 2.45) is 0 Å². The Morgan fingerprint density at radius 2 is 2.19 bits per heavy atom. The van der Waals surface area contributed by atoms with Crippen molar-refractivity contribution in [3.63, 3.8) is 0 Å². The van der Waals surface area contributed by atoms with Gasteiger partial charge in [0.2, 0.25) is 0 Å². The van der Waals surface area contributed by atoms with Crippen molar-refractivity contribution in [2.45, 2.75) is 49.6 Å². The Balaban J connectivity index is 1.66. The van der Waals surface area contributed by atoms with E-state index in [1.807, 2.05) is 13.0 Å². The lowest BCUT2D eigenvalue weighted by molar-refractivity contribution is 0.150. The summed E-state index contributed by atoms with van der Waals surface area (Å²) in [6.07, 6.45) is 0.906. The van der Waals surface area contributed by atoms with Crippen molar-refractivity contribution in [3.05, 3.63) is 22.4 Å². The van der Waals surface area contributed by atoms with Gasteiger partial charge in [-0.15, -0.1) is 10.2 Å². The molecule has 1 saturated carbocycles. The molecule has 0 spiro atoms. The van der Waals surface area contributed by atoms with Gasteiger partial charge >= 0.3 is 0 Å². The molecular weight excluding hydrogens is 480 g/mol. The summed E-state index contributed by atoms with van der Waals surface area (Å²) in [4.78, 5) is 7.16. The first-order valence-corrected chi connectivity index (χ1v) is 12.6. The Morgan fingerprint density at radius 1 is 1.41 bits per heavy atom. The summed E-state index contributed by atoms with van der Waals surface area (Å²) >= 11 is 7.32. The van der Waals surface area contributed by atoms with Gasteiger partial charge in [0, 0.05) is 37.4 Å². The average molecular weight is 502 g/mol. The lowest BCUT2D eigenvalue weighted by atomic mass is 10.2. The highest BCUT2D eigenvalue weighted by atomic mass is 35.5. The number of rotatable bonds is 6. The Labute approximate surface area is 195 Å². The maximum Gasteiger partial charge on any atom is 0.291 e. The van der Waals surface area contributed by atoms with Gasteiger partial charge in [0.1, 0.15) is 16.5 Å². The highest BCUT2D eigenvalue weighted by Crippen LogP contribution is 2.38. The minimum atomic E-state index is -2.72. The molecule has 8 nitrogen and oxygen atoms in total. The maximum absolute atomic E-state index is 13.2. The molecule has 3 aromatic rings. The number of nitrogens with zero attached hydrogens (tertiary/aromatic N) is 5. The predicted molar refractivity (Wildman–Crippen MR) is 121 cm³/mol. The van der Waals surface area contributed by atoms with E-state index in [0.717, 1.165) is 49.5 Å². The number of alkyl halides is 2. The molecular formula is C19H22ClF2N7OS2. The SMILES string of the molecule is C[C@H]1CN(c2cc(S(=O)NC3(C)CC3)cn3c(-c4nnc(C(F)F)s4)nc(Cl)c23)CCN1. The smallest absolute Gasteiger partial charge is 0.291 e. The second-order valence-corrected chi connectivity index (χ2v) is 11.1. The Bertz CT molecular complexity index is 1200. The average Bonchev–Trinajstić information content (AvgIpc) is 3.14. The number of nitrogens with one attached hydrogen (secondary N) is 2. The number of fused-ring (bicyclic) bond motifs is 1. The fourth-order valence-electron chi connectivity index (χ4n) is 3.76. The number of hydrogen-bond donors (Lipinski definition) is 2. The van der Waals surface area contributed by atoms with Crippen LogP contribution in [0.4, 0.5) is 14.5 Å². The molecule has 0 bridgehead atoms. The van der Waals surface area contributed by atoms with Gasteiger partial charge in [-0.05, 0) is 32.8 Å². The molecule has 2 fully saturated rings. The van der Waals surface area contributed by atoms with Crippen LogP contribution in [0.2, 0.25) is 5.15 Å². The van der Waals surface area contributed by atoms with Gasteiger partial charge in [-0.3, -0.25) is 4.40 Å². The molecule has 0 aromatic carbocycles. The third kappa shape index (κ3) is 4.14. The van der Waals surface area contributed by atoms with Crippen LogP contribution in [-0.2, 0) is 11.0 Å². The topological polar surface area (TPSA) is 87.5 Å². The van der Waals surface area contributed by atoms with Crippen molar-refractivity contribution in [2.75, 3.05) is 24.5 Å². The molecule has 3 aromatic heterocycles. The van der Waals surface area contributed by atoms with E-state index in [1.165, 1.54) is 0 Å². The molecule has 2 aliphatic rings. The van der Waals surface area contributed by atoms with Crippen molar-refractivity contribution in [1.29, 1.82) is 0 Å². The van der Waals surface area contributed by atoms with Crippen molar-refractivity contribution < 1.29 is 13.0 Å². The van der Waals surface area contributed by atoms with E-state index in [0.29, 0.717) is 16.2 Å². The summed E-state index contributed by atoms with van der Waals surface area (Å²) in [6, 6.07) is 2.14. The number of piperazine rings is 1. The molecule has 32 heavy (non-hydrogen) atoms. The second kappa shape index (κ2) is 8.24. The summed E-state index contributed by atoms with van der Waals surface area (Å²) in [5.41, 5.74) is 1.29. The van der Waals surface area contributed by atoms with Crippen molar-refractivity contribution in [3.8, 4) is 10.8 Å². The molecule has 1 aliphatic heterocycles. The Morgan fingerprint density at radius 3 is 2.84 bits per heavy atom. The molecule has 4 heterocycles. The van der Waals surface area contributed by atoms with E-state index < -0.39 is 17.4 Å². The van der Waals surface area contributed by atoms with Gasteiger partial charge in [-0.2, -0.15) is 0 Å². The molecule has 1 saturated heterocycles. The zero-order chi connectivity index (χ0) is 22.6. The Kier molecular flexibility index (Phi) is 5.69. The third-order valence-electron chi connectivity index (χ3n) is 5.73. The van der Waals surface area contributed by atoms with Crippen LogP contribution >= 0.6 is 22.9 Å². The lowest BCUT2D eigenvalue weighted by Gasteiger charge is -2.34. The van der Waals surface area contributed by atoms with E-state index in [-0.39, 0.29) is 26.7 Å². The van der Waals surface area contributed by atoms with E-state index in [2.05, 4.69) is 37.0 Å². The quantitative estimate of drug-likeness (QED) is 0.538. The molecule has 5 rings (SSSR count). The number of pyridine rings is 1. The zero-order valence-electron chi connectivity index (χ0n) is 17.4. The molecule has 2 N–H and O–H groups in total. The second-order valence-electron chi connectivity index (χ2n) is 8.48. The fraction of sp³-hybridized carbons (Fsp3) is 0.526. The van der Waals surface area contributed by atoms with E-state index in [9.17, 15) is 13.0 Å². The monoisotopic (exact) mass is 501 g/mol. The molecule has 172 valence electrons. The number of halogens is 3. The van der Waals surface area contributed by atoms with Gasteiger partial charge in [-0.25, -0.2) is 22.7 Å². The number of imidazole rings is 1. The zero-order valence-corrected chi connectivity index (χ0v) is 19.8. The summed E-state index contributed by atoms with van der Waals surface area (Å²) in [6.45, 7) is 6.41. The third-order valence-corrected chi connectivity index (χ3v) is 8.25. The van der Waals surface area contributed by atoms with E-state index in [4.69, 9.17) is 11.6 Å². The van der Waals surface area contributed by atoms with Crippen LogP contribution in [0, 0.1) is 0 Å². The first-order valence-electron chi connectivity index (χ1n) is 10.3. The van der Waals surface area contributed by atoms with Gasteiger partial charge < -0.3 is 10.2 Å². The highest BCUT2D eigenvalue weighted by Gasteiger charge is 2.39. The van der Waals surface area contributed by atoms with Gasteiger partial charge in [0.05, 0.1) is 10.6 Å². The normalized spacial score (nSPS) is 21.4. The van der Waals surface area contributed by atoms with Crippen LogP contribution in [0.25, 0.3) is 16.3 Å². The molecule has 0 amide bonds. The minimum Gasteiger partial charge on any atom is -0.367 e. The van der Waals surface area contributed by atoms with Crippen molar-refractivity contribution >= 4 is 45.1 Å². The molecule has 2 atom stereocenters. The van der Waals surface area contributed by atoms with E-state index >= 15 is 0 Å². The van der Waals surface area contributed by atoms with Crippen molar-refractivity contribution in [1.82, 2.24) is 29.6 Å². The van der Waals surface area contributed by atoms with Crippen LogP contribution in [0.15, 0.2) is 17.2 Å². The molecule has 0 radical (unpaired) electrons. The fourth-order valence-corrected chi connectivity index (χ4v) is 5.90. The molecule has 13 heteroatoms. The van der Waals surface area contributed by atoms with E-state index in [1.54, 1.807) is 10.6 Å². The van der Waals surface area contributed by atoms with Gasteiger partial charge in [-0.1, -0.05) is 22.9 Å². The first-order chi connectivity index (χ1) is 15.2. The molecule has 1 unspecified atom stereocenters. The van der Waals surface area contributed by atoms with Crippen LogP contribution in [0.3, 0.4) is 0 Å². The summed E-state index contributed by atoms with van der Waals surface area (Å²) in [5, 5.41) is 11.0. The first kappa shape index (κ1) is 22.1. The number of aromatic nitrogens is 4. The van der Waals surface area contributed by atoms with Gasteiger partial charge in [0.25, 0.3) is 6.43 Å². The molecule has 1 aliphatic carbocycles. The predicted octanol–water partition coefficient (Wildman–Crippen LogP) is 3.41. The number of hydrogen-bond acceptors (Lipinski definition) is 7.